The van der Waals surface area contributed by atoms with Gasteiger partial charge in [-0.05, 0) is 77.9 Å². The van der Waals surface area contributed by atoms with E-state index in [9.17, 15) is 18.5 Å². The summed E-state index contributed by atoms with van der Waals surface area (Å²) in [7, 11) is -4.19. The first-order valence-electron chi connectivity index (χ1n) is 17.3. The highest BCUT2D eigenvalue weighted by atomic mass is 35.5. The topological polar surface area (TPSA) is 134 Å². The van der Waals surface area contributed by atoms with Crippen molar-refractivity contribution >= 4 is 55.4 Å². The number of anilines is 3. The molecule has 0 spiro atoms. The average molecular weight is 726 g/mol. The van der Waals surface area contributed by atoms with E-state index in [-0.39, 0.29) is 16.4 Å². The van der Waals surface area contributed by atoms with Gasteiger partial charge in [0, 0.05) is 61.4 Å². The van der Waals surface area contributed by atoms with Gasteiger partial charge in [-0.3, -0.25) is 19.7 Å². The highest BCUT2D eigenvalue weighted by Gasteiger charge is 2.25. The molecule has 51 heavy (non-hydrogen) atoms. The second kappa shape index (κ2) is 15.2. The van der Waals surface area contributed by atoms with Crippen molar-refractivity contribution in [3.8, 4) is 11.1 Å². The Kier molecular flexibility index (Phi) is 10.3. The lowest BCUT2D eigenvalue weighted by Gasteiger charge is -2.36. The highest BCUT2D eigenvalue weighted by Crippen LogP contribution is 2.32. The van der Waals surface area contributed by atoms with Crippen molar-refractivity contribution in [2.75, 3.05) is 47.7 Å². The number of hydrogen-bond acceptors (Lipinski definition) is 9. The maximum Gasteiger partial charge on any atom is 0.293 e. The van der Waals surface area contributed by atoms with Gasteiger partial charge in [-0.25, -0.2) is 18.4 Å². The summed E-state index contributed by atoms with van der Waals surface area (Å²) >= 11 is 6.12. The fraction of sp³-hybridized carbons (Fsp3) is 0.316. The number of nitrogens with one attached hydrogen (secondary N) is 2. The Labute approximate surface area is 302 Å². The van der Waals surface area contributed by atoms with Crippen LogP contribution < -0.4 is 14.9 Å². The summed E-state index contributed by atoms with van der Waals surface area (Å²) in [6.07, 6.45) is 7.04. The van der Waals surface area contributed by atoms with E-state index in [4.69, 9.17) is 11.6 Å². The average Bonchev–Trinajstić information content (AvgIpc) is 3.15. The molecule has 5 aromatic rings. The molecule has 0 unspecified atom stereocenters. The molecule has 2 aliphatic rings. The van der Waals surface area contributed by atoms with Crippen LogP contribution in [0.3, 0.4) is 0 Å². The fourth-order valence-electron chi connectivity index (χ4n) is 7.11. The van der Waals surface area contributed by atoms with E-state index in [1.807, 2.05) is 30.3 Å². The smallest absolute Gasteiger partial charge is 0.293 e. The zero-order valence-corrected chi connectivity index (χ0v) is 29.7. The second-order valence-corrected chi connectivity index (χ2v) is 15.4. The predicted molar refractivity (Wildman–Crippen MR) is 203 cm³/mol. The molecular formula is C38H40ClN7O4S. The molecule has 0 amide bonds. The minimum absolute atomic E-state index is 0.109. The molecule has 1 saturated heterocycles. The fourth-order valence-corrected chi connectivity index (χ4v) is 8.28. The number of piperazine rings is 1. The standard InChI is InChI=1S/C38H40ClN7O4S/c39-30-12-10-28(11-13-30)33-9-5-4-8-29(33)25-44-18-20-45(21-19-44)31-14-16-34-36(22-31)41-26-42-38(34)43-51(49,50)32-15-17-35(37(23-32)46(47)48)40-24-27-6-2-1-3-7-27/h4-5,8-17,22-23,26-27,40H,1-3,6-7,18-21,24-25H2,(H,41,42,43). The molecule has 1 aromatic heterocycles. The Balaban J connectivity index is 1.02. The predicted octanol–water partition coefficient (Wildman–Crippen LogP) is 7.97. The summed E-state index contributed by atoms with van der Waals surface area (Å²) in [5.41, 5.74) is 5.22. The lowest BCUT2D eigenvalue weighted by molar-refractivity contribution is -0.384. The quantitative estimate of drug-likeness (QED) is 0.103. The molecule has 2 fully saturated rings. The van der Waals surface area contributed by atoms with E-state index < -0.39 is 14.9 Å². The lowest BCUT2D eigenvalue weighted by Crippen LogP contribution is -2.46. The summed E-state index contributed by atoms with van der Waals surface area (Å²) in [6, 6.07) is 26.1. The number of hydrogen-bond donors (Lipinski definition) is 2. The highest BCUT2D eigenvalue weighted by molar-refractivity contribution is 7.92. The van der Waals surface area contributed by atoms with Gasteiger partial charge in [-0.2, -0.15) is 0 Å². The minimum atomic E-state index is -4.19. The molecule has 264 valence electrons. The lowest BCUT2D eigenvalue weighted by atomic mass is 9.89. The van der Waals surface area contributed by atoms with Crippen LogP contribution in [-0.2, 0) is 16.6 Å². The monoisotopic (exact) mass is 725 g/mol. The van der Waals surface area contributed by atoms with Crippen LogP contribution in [0.1, 0.15) is 37.7 Å². The van der Waals surface area contributed by atoms with Gasteiger partial charge >= 0.3 is 0 Å². The molecule has 13 heteroatoms. The van der Waals surface area contributed by atoms with E-state index in [0.717, 1.165) is 80.7 Å². The zero-order chi connectivity index (χ0) is 35.4. The van der Waals surface area contributed by atoms with E-state index in [1.54, 1.807) is 0 Å². The van der Waals surface area contributed by atoms with Gasteiger partial charge in [-0.15, -0.1) is 0 Å². The Bertz CT molecular complexity index is 2130. The first-order chi connectivity index (χ1) is 24.7. The van der Waals surface area contributed by atoms with Gasteiger partial charge in [0.25, 0.3) is 15.7 Å². The summed E-state index contributed by atoms with van der Waals surface area (Å²) in [4.78, 5) is 24.6. The number of nitro benzene ring substituents is 1. The van der Waals surface area contributed by atoms with Crippen LogP contribution in [0.2, 0.25) is 5.02 Å². The molecule has 4 aromatic carbocycles. The number of halogens is 1. The van der Waals surface area contributed by atoms with Gasteiger partial charge in [0.2, 0.25) is 0 Å². The number of nitrogens with zero attached hydrogens (tertiary/aromatic N) is 5. The van der Waals surface area contributed by atoms with E-state index in [1.165, 1.54) is 36.0 Å². The third-order valence-electron chi connectivity index (χ3n) is 9.94. The maximum atomic E-state index is 13.5. The largest absolute Gasteiger partial charge is 0.379 e. The van der Waals surface area contributed by atoms with E-state index in [2.05, 4.69) is 66.2 Å². The third-order valence-corrected chi connectivity index (χ3v) is 11.5. The Morgan fingerprint density at radius 2 is 1.65 bits per heavy atom. The Hall–Kier alpha value is -4.78. The number of sulfonamides is 1. The van der Waals surface area contributed by atoms with Crippen molar-refractivity contribution in [3.05, 3.63) is 112 Å². The molecule has 0 bridgehead atoms. The van der Waals surface area contributed by atoms with Gasteiger partial charge in [0.1, 0.15) is 12.0 Å². The summed E-state index contributed by atoms with van der Waals surface area (Å²) < 4.78 is 29.5. The van der Waals surface area contributed by atoms with Gasteiger partial charge in [0.05, 0.1) is 15.3 Å². The molecule has 0 atom stereocenters. The van der Waals surface area contributed by atoms with Crippen LogP contribution in [0.15, 0.2) is 96.2 Å². The maximum absolute atomic E-state index is 13.5. The van der Waals surface area contributed by atoms with Crippen molar-refractivity contribution in [1.29, 1.82) is 0 Å². The first kappa shape index (κ1) is 34.7. The number of aromatic nitrogens is 2. The molecule has 11 nitrogen and oxygen atoms in total. The summed E-state index contributed by atoms with van der Waals surface area (Å²) in [5, 5.41) is 16.4. The number of fused-ring (bicyclic) bond motifs is 1. The van der Waals surface area contributed by atoms with Crippen molar-refractivity contribution < 1.29 is 13.3 Å². The molecule has 0 radical (unpaired) electrons. The molecular weight excluding hydrogens is 686 g/mol. The normalized spacial score (nSPS) is 15.9. The number of nitro groups is 1. The van der Waals surface area contributed by atoms with Crippen LogP contribution >= 0.6 is 11.6 Å². The summed E-state index contributed by atoms with van der Waals surface area (Å²) in [5.74, 6) is 0.562. The molecule has 2 heterocycles. The molecule has 1 saturated carbocycles. The third kappa shape index (κ3) is 8.08. The van der Waals surface area contributed by atoms with Crippen molar-refractivity contribution in [1.82, 2.24) is 14.9 Å². The van der Waals surface area contributed by atoms with Crippen LogP contribution in [0.4, 0.5) is 22.9 Å². The van der Waals surface area contributed by atoms with E-state index >= 15 is 0 Å². The van der Waals surface area contributed by atoms with Crippen molar-refractivity contribution in [2.45, 2.75) is 43.5 Å². The number of benzene rings is 4. The van der Waals surface area contributed by atoms with Crippen molar-refractivity contribution in [2.24, 2.45) is 5.92 Å². The first-order valence-corrected chi connectivity index (χ1v) is 19.2. The summed E-state index contributed by atoms with van der Waals surface area (Å²) in [6.45, 7) is 4.86. The molecule has 7 rings (SSSR count). The van der Waals surface area contributed by atoms with Crippen molar-refractivity contribution in [3.63, 3.8) is 0 Å². The van der Waals surface area contributed by atoms with Crippen LogP contribution in [0, 0.1) is 16.0 Å². The Morgan fingerprint density at radius 3 is 2.41 bits per heavy atom. The minimum Gasteiger partial charge on any atom is -0.379 e. The number of rotatable bonds is 11. The Morgan fingerprint density at radius 1 is 0.882 bits per heavy atom. The SMILES string of the molecule is O=[N+]([O-])c1cc(S(=O)(=O)Nc2ncnc3cc(N4CCN(Cc5ccccc5-c5ccc(Cl)cc5)CC4)ccc23)ccc1NCC1CCCCC1. The molecule has 2 N–H and O–H groups in total. The van der Waals surface area contributed by atoms with E-state index in [0.29, 0.717) is 29.1 Å². The van der Waals surface area contributed by atoms with Gasteiger partial charge in [-0.1, -0.05) is 67.3 Å². The van der Waals surface area contributed by atoms with Crippen LogP contribution in [-0.4, -0.2) is 60.9 Å². The van der Waals surface area contributed by atoms with Gasteiger partial charge in [0.15, 0.2) is 5.82 Å². The molecule has 1 aliphatic carbocycles. The van der Waals surface area contributed by atoms with Gasteiger partial charge < -0.3 is 10.2 Å². The molecule has 1 aliphatic heterocycles. The van der Waals surface area contributed by atoms with Crippen LogP contribution in [0.25, 0.3) is 22.0 Å². The van der Waals surface area contributed by atoms with Crippen LogP contribution in [0.5, 0.6) is 0 Å². The second-order valence-electron chi connectivity index (χ2n) is 13.3. The zero-order valence-electron chi connectivity index (χ0n) is 28.2.